The summed E-state index contributed by atoms with van der Waals surface area (Å²) in [7, 11) is 0. The molecule has 4 N–H and O–H groups in total. The first kappa shape index (κ1) is 28.2. The van der Waals surface area contributed by atoms with Gasteiger partial charge in [0, 0.05) is 40.9 Å². The topological polar surface area (TPSA) is 101 Å². The number of aromatic nitrogens is 2. The molecule has 2 heterocycles. The van der Waals surface area contributed by atoms with Crippen molar-refractivity contribution in [3.05, 3.63) is 112 Å². The number of carbonyl (C=O) groups is 2. The molecule has 1 aliphatic carbocycles. The van der Waals surface area contributed by atoms with Gasteiger partial charge < -0.3 is 16.0 Å². The van der Waals surface area contributed by atoms with E-state index in [1.807, 2.05) is 0 Å². The lowest BCUT2D eigenvalue weighted by Gasteiger charge is -2.29. The molecule has 10 heteroatoms. The van der Waals surface area contributed by atoms with E-state index < -0.39 is 47.2 Å². The van der Waals surface area contributed by atoms with E-state index in [1.165, 1.54) is 24.3 Å². The average molecular weight is 579 g/mol. The van der Waals surface area contributed by atoms with Crippen LogP contribution in [0.2, 0.25) is 5.02 Å². The van der Waals surface area contributed by atoms with Crippen molar-refractivity contribution in [2.24, 2.45) is 17.6 Å². The highest BCUT2D eigenvalue weighted by molar-refractivity contribution is 6.33. The van der Waals surface area contributed by atoms with Crippen LogP contribution in [-0.2, 0) is 11.2 Å². The van der Waals surface area contributed by atoms with Crippen LogP contribution in [-0.4, -0.2) is 21.8 Å². The van der Waals surface area contributed by atoms with Crippen molar-refractivity contribution in [3.8, 4) is 11.1 Å². The van der Waals surface area contributed by atoms with E-state index in [9.17, 15) is 22.8 Å². The lowest BCUT2D eigenvalue weighted by Crippen LogP contribution is -2.33. The monoisotopic (exact) mass is 578 g/mol. The Morgan fingerprint density at radius 1 is 1.15 bits per heavy atom. The second kappa shape index (κ2) is 11.6. The minimum atomic E-state index is -0.782. The number of pyridine rings is 1. The number of carbonyl (C=O) groups excluding carboxylic acids is 2. The molecule has 4 aromatic rings. The molecular formula is C31H26ClF3N4O2. The highest BCUT2D eigenvalue weighted by Gasteiger charge is 2.30. The van der Waals surface area contributed by atoms with Crippen molar-refractivity contribution in [2.45, 2.75) is 25.8 Å². The number of H-pyrrole nitrogens is 1. The normalized spacial score (nSPS) is 17.6. The van der Waals surface area contributed by atoms with E-state index in [4.69, 9.17) is 17.3 Å². The van der Waals surface area contributed by atoms with Crippen molar-refractivity contribution in [2.75, 3.05) is 0 Å². The van der Waals surface area contributed by atoms with Gasteiger partial charge in [0.05, 0.1) is 28.7 Å². The maximum absolute atomic E-state index is 14.5. The molecule has 0 fully saturated rings. The first-order valence-corrected chi connectivity index (χ1v) is 13.3. The van der Waals surface area contributed by atoms with Gasteiger partial charge in [-0.05, 0) is 65.9 Å². The largest absolute Gasteiger partial charge is 0.366 e. The van der Waals surface area contributed by atoms with Crippen LogP contribution in [0.15, 0.2) is 84.7 Å². The van der Waals surface area contributed by atoms with Gasteiger partial charge in [-0.1, -0.05) is 30.7 Å². The standard InChI is InChI=1S/C31H26ClF3N4O2/c1-16-18(9-21(34)14-26(16)35)11-28(39-29(40)12-19-15-38-27-7-5-20(33)13-23(19)27)30-22(3-2-8-37-30)17-4-6-25(32)24(10-17)31(36)41/h2-10,13-16,18,28,38H,11-12H2,1H3,(H2,36,41)(H,39,40). The van der Waals surface area contributed by atoms with Crippen LogP contribution in [0.1, 0.15) is 41.0 Å². The van der Waals surface area contributed by atoms with Crippen molar-refractivity contribution in [1.29, 1.82) is 0 Å². The summed E-state index contributed by atoms with van der Waals surface area (Å²) in [6.07, 6.45) is 5.44. The van der Waals surface area contributed by atoms with Gasteiger partial charge >= 0.3 is 0 Å². The van der Waals surface area contributed by atoms with E-state index in [-0.39, 0.29) is 23.4 Å². The zero-order valence-electron chi connectivity index (χ0n) is 21.9. The fourth-order valence-corrected chi connectivity index (χ4v) is 5.39. The molecule has 6 nitrogen and oxygen atoms in total. The molecule has 0 radical (unpaired) electrons. The molecule has 41 heavy (non-hydrogen) atoms. The first-order valence-electron chi connectivity index (χ1n) is 12.9. The second-order valence-electron chi connectivity index (χ2n) is 10.1. The number of primary amides is 1. The molecule has 0 aliphatic heterocycles. The van der Waals surface area contributed by atoms with Crippen molar-refractivity contribution in [3.63, 3.8) is 0 Å². The number of benzene rings is 2. The van der Waals surface area contributed by atoms with Gasteiger partial charge in [-0.2, -0.15) is 0 Å². The summed E-state index contributed by atoms with van der Waals surface area (Å²) in [5, 5.41) is 3.75. The summed E-state index contributed by atoms with van der Waals surface area (Å²) in [6.45, 7) is 1.65. The number of rotatable bonds is 8. The van der Waals surface area contributed by atoms with Crippen LogP contribution in [0.4, 0.5) is 13.2 Å². The van der Waals surface area contributed by atoms with Gasteiger partial charge in [0.2, 0.25) is 11.8 Å². The maximum atomic E-state index is 14.5. The van der Waals surface area contributed by atoms with Crippen molar-refractivity contribution >= 4 is 34.3 Å². The summed E-state index contributed by atoms with van der Waals surface area (Å²) in [5.74, 6) is -4.03. The molecule has 2 aromatic carbocycles. The van der Waals surface area contributed by atoms with Crippen LogP contribution in [0.25, 0.3) is 22.0 Å². The number of halogens is 4. The molecule has 0 bridgehead atoms. The number of nitrogens with two attached hydrogens (primary N) is 1. The molecule has 2 aromatic heterocycles. The molecule has 0 spiro atoms. The molecule has 0 saturated heterocycles. The summed E-state index contributed by atoms with van der Waals surface area (Å²) in [5.41, 5.74) is 8.47. The molecule has 210 valence electrons. The molecule has 3 unspecified atom stereocenters. The number of nitrogens with one attached hydrogen (secondary N) is 2. The highest BCUT2D eigenvalue weighted by Crippen LogP contribution is 2.38. The van der Waals surface area contributed by atoms with Crippen LogP contribution < -0.4 is 11.1 Å². The van der Waals surface area contributed by atoms with Crippen LogP contribution in [0.5, 0.6) is 0 Å². The van der Waals surface area contributed by atoms with E-state index in [0.717, 1.165) is 6.08 Å². The third kappa shape index (κ3) is 6.05. The van der Waals surface area contributed by atoms with E-state index in [2.05, 4.69) is 15.3 Å². The van der Waals surface area contributed by atoms with E-state index >= 15 is 0 Å². The second-order valence-corrected chi connectivity index (χ2v) is 10.5. The molecule has 1 aliphatic rings. The predicted molar refractivity (Wildman–Crippen MR) is 152 cm³/mol. The smallest absolute Gasteiger partial charge is 0.250 e. The van der Waals surface area contributed by atoms with Gasteiger partial charge in [0.25, 0.3) is 0 Å². The van der Waals surface area contributed by atoms with Gasteiger partial charge in [0.1, 0.15) is 17.5 Å². The number of fused-ring (bicyclic) bond motifs is 1. The van der Waals surface area contributed by atoms with E-state index in [0.29, 0.717) is 33.3 Å². The Morgan fingerprint density at radius 3 is 2.73 bits per heavy atom. The molecule has 5 rings (SSSR count). The Morgan fingerprint density at radius 2 is 1.95 bits per heavy atom. The zero-order chi connectivity index (χ0) is 29.3. The Kier molecular flexibility index (Phi) is 7.99. The van der Waals surface area contributed by atoms with Gasteiger partial charge in [-0.25, -0.2) is 13.2 Å². The fourth-order valence-electron chi connectivity index (χ4n) is 5.18. The fraction of sp³-hybridized carbons (Fsp3) is 0.194. The Bertz CT molecular complexity index is 1710. The lowest BCUT2D eigenvalue weighted by atomic mass is 9.82. The van der Waals surface area contributed by atoms with Gasteiger partial charge in [-0.3, -0.25) is 14.6 Å². The highest BCUT2D eigenvalue weighted by atomic mass is 35.5. The van der Waals surface area contributed by atoms with Gasteiger partial charge in [-0.15, -0.1) is 0 Å². The van der Waals surface area contributed by atoms with E-state index in [1.54, 1.807) is 49.6 Å². The predicted octanol–water partition coefficient (Wildman–Crippen LogP) is 6.88. The third-order valence-corrected chi connectivity index (χ3v) is 7.69. The zero-order valence-corrected chi connectivity index (χ0v) is 22.7. The van der Waals surface area contributed by atoms with Crippen LogP contribution >= 0.6 is 11.6 Å². The van der Waals surface area contributed by atoms with Crippen molar-refractivity contribution < 1.29 is 22.8 Å². The van der Waals surface area contributed by atoms with Gasteiger partial charge in [0.15, 0.2) is 0 Å². The van der Waals surface area contributed by atoms with Crippen molar-refractivity contribution in [1.82, 2.24) is 15.3 Å². The van der Waals surface area contributed by atoms with Crippen LogP contribution in [0, 0.1) is 17.7 Å². The third-order valence-electron chi connectivity index (χ3n) is 7.36. The number of amides is 2. The first-order chi connectivity index (χ1) is 19.6. The number of nitrogens with zero attached hydrogens (tertiary/aromatic N) is 1. The minimum absolute atomic E-state index is 0.0758. The number of hydrogen-bond donors (Lipinski definition) is 3. The minimum Gasteiger partial charge on any atom is -0.366 e. The number of allylic oxidation sites excluding steroid dienone is 4. The molecule has 3 atom stereocenters. The Hall–Kier alpha value is -4.37. The summed E-state index contributed by atoms with van der Waals surface area (Å²) < 4.78 is 42.7. The summed E-state index contributed by atoms with van der Waals surface area (Å²) in [4.78, 5) is 32.9. The van der Waals surface area contributed by atoms with Crippen LogP contribution in [0.3, 0.4) is 0 Å². The molecule has 2 amide bonds. The average Bonchev–Trinajstić information content (AvgIpc) is 3.32. The summed E-state index contributed by atoms with van der Waals surface area (Å²) >= 11 is 6.16. The molecular weight excluding hydrogens is 553 g/mol. The molecule has 0 saturated carbocycles. The Labute approximate surface area is 239 Å². The number of hydrogen-bond acceptors (Lipinski definition) is 3. The number of aromatic amines is 1. The summed E-state index contributed by atoms with van der Waals surface area (Å²) in [6, 6.07) is 11.7. The lowest BCUT2D eigenvalue weighted by molar-refractivity contribution is -0.121. The Balaban J connectivity index is 1.52. The SMILES string of the molecule is CC1C(F)=CC(F)=CC1CC(NC(=O)Cc1c[nH]c2ccc(F)cc12)c1ncccc1-c1ccc(Cl)c(C(N)=O)c1. The quantitative estimate of drug-likeness (QED) is 0.212. The maximum Gasteiger partial charge on any atom is 0.250 e.